The number of hydrazine groups is 1. The predicted octanol–water partition coefficient (Wildman–Crippen LogP) is 4.33. The van der Waals surface area contributed by atoms with E-state index in [2.05, 4.69) is 16.9 Å². The van der Waals surface area contributed by atoms with Crippen LogP contribution in [0.2, 0.25) is 0 Å². The van der Waals surface area contributed by atoms with Crippen molar-refractivity contribution < 1.29 is 9.90 Å². The van der Waals surface area contributed by atoms with Crippen molar-refractivity contribution in [2.75, 3.05) is 19.6 Å². The fourth-order valence-corrected chi connectivity index (χ4v) is 3.34. The average Bonchev–Trinajstić information content (AvgIpc) is 3.02. The first-order chi connectivity index (χ1) is 11.6. The molecule has 24 heavy (non-hydrogen) atoms. The first-order valence-electron chi connectivity index (χ1n) is 9.92. The number of nitrogens with zero attached hydrogens (tertiary/aromatic N) is 3. The summed E-state index contributed by atoms with van der Waals surface area (Å²) in [7, 11) is 0. The molecular weight excluding hydrogens is 302 g/mol. The van der Waals surface area contributed by atoms with Gasteiger partial charge in [0.25, 0.3) is 0 Å². The van der Waals surface area contributed by atoms with Crippen LogP contribution >= 0.6 is 0 Å². The molecular formula is C19H37N3O2. The number of hydrogen-bond acceptors (Lipinski definition) is 4. The van der Waals surface area contributed by atoms with E-state index in [4.69, 9.17) is 0 Å². The van der Waals surface area contributed by atoms with Gasteiger partial charge in [0.2, 0.25) is 0 Å². The van der Waals surface area contributed by atoms with Gasteiger partial charge in [0.15, 0.2) is 0 Å². The van der Waals surface area contributed by atoms with E-state index in [0.29, 0.717) is 6.54 Å². The summed E-state index contributed by atoms with van der Waals surface area (Å²) in [5.74, 6) is 0.305. The van der Waals surface area contributed by atoms with Crippen LogP contribution < -0.4 is 0 Å². The van der Waals surface area contributed by atoms with E-state index in [-0.39, 0.29) is 0 Å². The van der Waals surface area contributed by atoms with Gasteiger partial charge in [0.1, 0.15) is 11.9 Å². The lowest BCUT2D eigenvalue weighted by molar-refractivity contribution is -0.147. The van der Waals surface area contributed by atoms with E-state index in [9.17, 15) is 9.90 Å². The van der Waals surface area contributed by atoms with Gasteiger partial charge in [-0.1, -0.05) is 65.2 Å². The second-order valence-corrected chi connectivity index (χ2v) is 6.77. The highest BCUT2D eigenvalue weighted by molar-refractivity contribution is 5.84. The highest BCUT2D eigenvalue weighted by Crippen LogP contribution is 2.16. The van der Waals surface area contributed by atoms with Gasteiger partial charge in [0.05, 0.1) is 13.1 Å². The number of unbranched alkanes of at least 4 members (excludes halogenated alkanes) is 8. The lowest BCUT2D eigenvalue weighted by Gasteiger charge is -2.36. The van der Waals surface area contributed by atoms with Crippen molar-refractivity contribution in [3.05, 3.63) is 0 Å². The molecule has 0 saturated heterocycles. The minimum absolute atomic E-state index is 0.499. The molecule has 0 aromatic heterocycles. The van der Waals surface area contributed by atoms with Gasteiger partial charge < -0.3 is 5.11 Å². The summed E-state index contributed by atoms with van der Waals surface area (Å²) in [4.78, 5) is 15.9. The quantitative estimate of drug-likeness (QED) is 0.479. The van der Waals surface area contributed by atoms with Gasteiger partial charge in [-0.15, -0.1) is 0 Å². The number of carboxylic acid groups (broad SMARTS) is 1. The molecule has 0 aromatic rings. The standard InChI is InChI=1S/C19H37N3O2/c1-4-6-7-8-9-10-11-12-13-14-18-20-15-16-22(18)21(5-2)17(3)19(23)24/h17H,4-16H2,1-3H3,(H,23,24). The van der Waals surface area contributed by atoms with Crippen molar-refractivity contribution in [2.24, 2.45) is 4.99 Å². The van der Waals surface area contributed by atoms with Crippen LogP contribution in [0.25, 0.3) is 0 Å². The van der Waals surface area contributed by atoms with Gasteiger partial charge in [-0.25, -0.2) is 5.01 Å². The number of amidine groups is 1. The van der Waals surface area contributed by atoms with Crippen LogP contribution in [-0.2, 0) is 4.79 Å². The molecule has 0 radical (unpaired) electrons. The number of hydrogen-bond donors (Lipinski definition) is 1. The summed E-state index contributed by atoms with van der Waals surface area (Å²) in [6.07, 6.45) is 12.9. The molecule has 1 heterocycles. The van der Waals surface area contributed by atoms with Gasteiger partial charge in [-0.05, 0) is 13.3 Å². The van der Waals surface area contributed by atoms with Crippen LogP contribution in [0.3, 0.4) is 0 Å². The maximum atomic E-state index is 11.3. The fourth-order valence-electron chi connectivity index (χ4n) is 3.34. The summed E-state index contributed by atoms with van der Waals surface area (Å²) in [6.45, 7) is 8.32. The zero-order valence-corrected chi connectivity index (χ0v) is 16.0. The lowest BCUT2D eigenvalue weighted by Crippen LogP contribution is -2.52. The van der Waals surface area contributed by atoms with Crippen molar-refractivity contribution in [1.82, 2.24) is 10.0 Å². The molecule has 0 aliphatic carbocycles. The fraction of sp³-hybridized carbons (Fsp3) is 0.895. The Kier molecular flexibility index (Phi) is 10.7. The third-order valence-corrected chi connectivity index (χ3v) is 4.85. The van der Waals surface area contributed by atoms with Gasteiger partial charge >= 0.3 is 5.97 Å². The summed E-state index contributed by atoms with van der Waals surface area (Å²) < 4.78 is 0. The molecule has 0 bridgehead atoms. The maximum Gasteiger partial charge on any atom is 0.322 e. The normalized spacial score (nSPS) is 15.8. The molecule has 1 rings (SSSR count). The Morgan fingerprint density at radius 3 is 2.25 bits per heavy atom. The molecule has 0 aromatic carbocycles. The van der Waals surface area contributed by atoms with Crippen molar-refractivity contribution >= 4 is 11.8 Å². The summed E-state index contributed by atoms with van der Waals surface area (Å²) >= 11 is 0. The van der Waals surface area contributed by atoms with Gasteiger partial charge in [0, 0.05) is 13.0 Å². The van der Waals surface area contributed by atoms with E-state index in [1.54, 1.807) is 6.92 Å². The Bertz CT molecular complexity index is 385. The molecule has 0 spiro atoms. The third kappa shape index (κ3) is 7.20. The number of aliphatic imine (C=N–C) groups is 1. The number of carbonyl (C=O) groups is 1. The molecule has 1 aliphatic rings. The van der Waals surface area contributed by atoms with E-state index in [1.165, 1.54) is 51.4 Å². The van der Waals surface area contributed by atoms with Crippen molar-refractivity contribution in [2.45, 2.75) is 91.0 Å². The molecule has 5 nitrogen and oxygen atoms in total. The zero-order valence-electron chi connectivity index (χ0n) is 16.0. The number of rotatable bonds is 14. The van der Waals surface area contributed by atoms with Gasteiger partial charge in [-0.2, -0.15) is 0 Å². The minimum Gasteiger partial charge on any atom is -0.480 e. The topological polar surface area (TPSA) is 56.1 Å². The van der Waals surface area contributed by atoms with E-state index >= 15 is 0 Å². The number of carboxylic acids is 1. The third-order valence-electron chi connectivity index (χ3n) is 4.85. The van der Waals surface area contributed by atoms with E-state index in [0.717, 1.165) is 31.8 Å². The summed E-state index contributed by atoms with van der Waals surface area (Å²) in [5, 5.41) is 13.3. The predicted molar refractivity (Wildman–Crippen MR) is 100 cm³/mol. The summed E-state index contributed by atoms with van der Waals surface area (Å²) in [6, 6.07) is -0.499. The maximum absolute atomic E-state index is 11.3. The van der Waals surface area contributed by atoms with Crippen LogP contribution in [0.4, 0.5) is 0 Å². The Labute approximate surface area is 148 Å². The van der Waals surface area contributed by atoms with Crippen LogP contribution in [0, 0.1) is 0 Å². The average molecular weight is 340 g/mol. The monoisotopic (exact) mass is 339 g/mol. The van der Waals surface area contributed by atoms with Crippen LogP contribution in [-0.4, -0.2) is 52.6 Å². The van der Waals surface area contributed by atoms with Crippen molar-refractivity contribution in [3.8, 4) is 0 Å². The van der Waals surface area contributed by atoms with Gasteiger partial charge in [-0.3, -0.25) is 14.8 Å². The highest BCUT2D eigenvalue weighted by atomic mass is 16.4. The first kappa shape index (κ1) is 20.9. The second-order valence-electron chi connectivity index (χ2n) is 6.77. The number of aliphatic carboxylic acids is 1. The first-order valence-corrected chi connectivity index (χ1v) is 9.92. The SMILES string of the molecule is CCCCCCCCCCCC1=NCCN1N(CC)C(C)C(=O)O. The van der Waals surface area contributed by atoms with Crippen molar-refractivity contribution in [1.29, 1.82) is 0 Å². The largest absolute Gasteiger partial charge is 0.480 e. The Morgan fingerprint density at radius 1 is 1.12 bits per heavy atom. The molecule has 0 fully saturated rings. The molecule has 0 saturated carbocycles. The summed E-state index contributed by atoms with van der Waals surface area (Å²) in [5.41, 5.74) is 0. The lowest BCUT2D eigenvalue weighted by atomic mass is 10.1. The van der Waals surface area contributed by atoms with Crippen LogP contribution in [0.1, 0.15) is 85.0 Å². The molecule has 1 unspecified atom stereocenters. The molecule has 140 valence electrons. The van der Waals surface area contributed by atoms with Crippen LogP contribution in [0.15, 0.2) is 4.99 Å². The minimum atomic E-state index is -0.772. The van der Waals surface area contributed by atoms with E-state index in [1.807, 2.05) is 11.9 Å². The Hall–Kier alpha value is -1.10. The van der Waals surface area contributed by atoms with Crippen LogP contribution in [0.5, 0.6) is 0 Å². The molecule has 5 heteroatoms. The van der Waals surface area contributed by atoms with Crippen molar-refractivity contribution in [3.63, 3.8) is 0 Å². The number of likely N-dealkylation sites (N-methyl/N-ethyl adjacent to an activating group) is 1. The molecule has 0 amide bonds. The zero-order chi connectivity index (χ0) is 17.8. The smallest absolute Gasteiger partial charge is 0.322 e. The molecule has 1 atom stereocenters. The van der Waals surface area contributed by atoms with E-state index < -0.39 is 12.0 Å². The molecule has 1 aliphatic heterocycles. The molecule has 1 N–H and O–H groups in total. The Morgan fingerprint density at radius 2 is 1.71 bits per heavy atom. The Balaban J connectivity index is 2.23. The highest BCUT2D eigenvalue weighted by Gasteiger charge is 2.29. The second kappa shape index (κ2) is 12.3.